The molecule has 0 saturated carbocycles. The van der Waals surface area contributed by atoms with Gasteiger partial charge in [-0.2, -0.15) is 0 Å². The van der Waals surface area contributed by atoms with Crippen molar-refractivity contribution < 1.29 is 39.5 Å². The first kappa shape index (κ1) is 19.1. The fourth-order valence-electron chi connectivity index (χ4n) is 3.20. The summed E-state index contributed by atoms with van der Waals surface area (Å²) >= 11 is 0. The third-order valence-corrected chi connectivity index (χ3v) is 4.56. The molecular formula is C20H18O8. The number of benzene rings is 2. The second-order valence-corrected chi connectivity index (χ2v) is 6.37. The van der Waals surface area contributed by atoms with Gasteiger partial charge in [-0.15, -0.1) is 0 Å². The highest BCUT2D eigenvalue weighted by Gasteiger charge is 2.43. The largest absolute Gasteiger partial charge is 0.504 e. The van der Waals surface area contributed by atoms with Crippen LogP contribution in [0.1, 0.15) is 35.6 Å². The summed E-state index contributed by atoms with van der Waals surface area (Å²) in [6.45, 7) is 1.56. The van der Waals surface area contributed by atoms with Crippen LogP contribution in [-0.2, 0) is 14.3 Å². The predicted molar refractivity (Wildman–Crippen MR) is 97.3 cm³/mol. The quantitative estimate of drug-likeness (QED) is 0.358. The second kappa shape index (κ2) is 7.15. The van der Waals surface area contributed by atoms with Gasteiger partial charge in [0.2, 0.25) is 0 Å². The number of carbonyl (C=O) groups is 2. The van der Waals surface area contributed by atoms with E-state index in [9.17, 15) is 24.9 Å². The summed E-state index contributed by atoms with van der Waals surface area (Å²) in [7, 11) is 1.21. The number of carbonyl (C=O) groups excluding carboxylic acids is 1. The van der Waals surface area contributed by atoms with Crippen molar-refractivity contribution in [2.24, 2.45) is 0 Å². The molecular weight excluding hydrogens is 368 g/mol. The van der Waals surface area contributed by atoms with E-state index in [0.29, 0.717) is 22.3 Å². The molecule has 2 unspecified atom stereocenters. The van der Waals surface area contributed by atoms with Crippen molar-refractivity contribution >= 4 is 17.5 Å². The first-order valence-electron chi connectivity index (χ1n) is 8.27. The van der Waals surface area contributed by atoms with Crippen molar-refractivity contribution in [3.05, 3.63) is 53.1 Å². The highest BCUT2D eigenvalue weighted by molar-refractivity contribution is 5.90. The maximum Gasteiger partial charge on any atom is 0.328 e. The lowest BCUT2D eigenvalue weighted by atomic mass is 9.89. The van der Waals surface area contributed by atoms with Gasteiger partial charge in [-0.3, -0.25) is 4.79 Å². The number of rotatable bonds is 4. The van der Waals surface area contributed by atoms with Crippen molar-refractivity contribution in [3.8, 4) is 23.0 Å². The molecule has 0 radical (unpaired) electrons. The summed E-state index contributed by atoms with van der Waals surface area (Å²) in [5.74, 6) is -3.64. The third kappa shape index (κ3) is 3.32. The van der Waals surface area contributed by atoms with Crippen LogP contribution in [0.4, 0.5) is 0 Å². The lowest BCUT2D eigenvalue weighted by Crippen LogP contribution is -2.20. The zero-order chi connectivity index (χ0) is 20.6. The number of hydrogen-bond acceptors (Lipinski definition) is 7. The number of methoxy groups -OCH3 is 1. The van der Waals surface area contributed by atoms with Crippen LogP contribution in [0.3, 0.4) is 0 Å². The van der Waals surface area contributed by atoms with E-state index in [0.717, 1.165) is 6.08 Å². The van der Waals surface area contributed by atoms with E-state index >= 15 is 0 Å². The van der Waals surface area contributed by atoms with Crippen LogP contribution in [0.25, 0.3) is 5.57 Å². The lowest BCUT2D eigenvalue weighted by Gasteiger charge is -2.18. The van der Waals surface area contributed by atoms with Crippen molar-refractivity contribution in [2.75, 3.05) is 7.11 Å². The number of carboxylic acid groups (broad SMARTS) is 1. The minimum Gasteiger partial charge on any atom is -0.504 e. The Balaban J connectivity index is 2.13. The molecule has 1 aliphatic rings. The van der Waals surface area contributed by atoms with Crippen LogP contribution in [0.5, 0.6) is 23.0 Å². The Kier molecular flexibility index (Phi) is 4.87. The summed E-state index contributed by atoms with van der Waals surface area (Å²) in [5, 5.41) is 38.6. The Bertz CT molecular complexity index is 992. The van der Waals surface area contributed by atoms with Gasteiger partial charge in [0.1, 0.15) is 12.0 Å². The fraction of sp³-hybridized carbons (Fsp3) is 0.200. The van der Waals surface area contributed by atoms with Gasteiger partial charge in [-0.25, -0.2) is 4.79 Å². The number of fused-ring (bicyclic) bond motifs is 1. The van der Waals surface area contributed by atoms with Crippen LogP contribution < -0.4 is 4.74 Å². The van der Waals surface area contributed by atoms with Gasteiger partial charge in [0.15, 0.2) is 23.0 Å². The molecule has 146 valence electrons. The van der Waals surface area contributed by atoms with Crippen LogP contribution in [0, 0.1) is 0 Å². The molecule has 0 amide bonds. The molecule has 0 aromatic heterocycles. The molecule has 2 atom stereocenters. The van der Waals surface area contributed by atoms with E-state index in [2.05, 4.69) is 0 Å². The number of phenols is 3. The predicted octanol–water partition coefficient (Wildman–Crippen LogP) is 2.68. The molecule has 0 aliphatic carbocycles. The van der Waals surface area contributed by atoms with Gasteiger partial charge < -0.3 is 29.9 Å². The van der Waals surface area contributed by atoms with E-state index in [-0.39, 0.29) is 23.0 Å². The monoisotopic (exact) mass is 386 g/mol. The van der Waals surface area contributed by atoms with Crippen LogP contribution in [0.2, 0.25) is 0 Å². The smallest absolute Gasteiger partial charge is 0.328 e. The zero-order valence-corrected chi connectivity index (χ0v) is 15.0. The van der Waals surface area contributed by atoms with E-state index in [4.69, 9.17) is 14.6 Å². The molecule has 3 rings (SSSR count). The van der Waals surface area contributed by atoms with Gasteiger partial charge in [0, 0.05) is 11.6 Å². The van der Waals surface area contributed by atoms with E-state index < -0.39 is 24.0 Å². The first-order valence-corrected chi connectivity index (χ1v) is 8.27. The maximum absolute atomic E-state index is 12.5. The number of aromatic hydroxyl groups is 3. The van der Waals surface area contributed by atoms with Gasteiger partial charge in [0.25, 0.3) is 0 Å². The fourth-order valence-corrected chi connectivity index (χ4v) is 3.20. The van der Waals surface area contributed by atoms with Gasteiger partial charge in [-0.1, -0.05) is 6.07 Å². The van der Waals surface area contributed by atoms with Crippen LogP contribution >= 0.6 is 0 Å². The molecule has 1 heterocycles. The van der Waals surface area contributed by atoms with Crippen molar-refractivity contribution in [1.29, 1.82) is 0 Å². The lowest BCUT2D eigenvalue weighted by molar-refractivity contribution is -0.144. The SMILES string of the molecule is COC(=O)C1c2cc(C(C)=CC(=O)O)cc(O)c2OC1c1ccc(O)c(O)c1. The van der Waals surface area contributed by atoms with Gasteiger partial charge >= 0.3 is 11.9 Å². The molecule has 0 bridgehead atoms. The maximum atomic E-state index is 12.5. The van der Waals surface area contributed by atoms with E-state index in [1.165, 1.54) is 31.4 Å². The van der Waals surface area contributed by atoms with E-state index in [1.807, 2.05) is 0 Å². The molecule has 2 aromatic carbocycles. The van der Waals surface area contributed by atoms with Crippen LogP contribution in [-0.4, -0.2) is 39.5 Å². The molecule has 4 N–H and O–H groups in total. The number of esters is 1. The Morgan fingerprint density at radius 2 is 1.79 bits per heavy atom. The third-order valence-electron chi connectivity index (χ3n) is 4.56. The highest BCUT2D eigenvalue weighted by Crippen LogP contribution is 2.52. The number of ether oxygens (including phenoxy) is 2. The van der Waals surface area contributed by atoms with Gasteiger partial charge in [-0.05, 0) is 47.9 Å². The Labute approximate surface area is 159 Å². The number of carboxylic acids is 1. The Morgan fingerprint density at radius 3 is 2.39 bits per heavy atom. The molecule has 2 aromatic rings. The molecule has 1 aliphatic heterocycles. The van der Waals surface area contributed by atoms with E-state index in [1.54, 1.807) is 13.0 Å². The van der Waals surface area contributed by atoms with Crippen molar-refractivity contribution in [2.45, 2.75) is 18.9 Å². The molecule has 0 saturated heterocycles. The molecule has 0 spiro atoms. The Morgan fingerprint density at radius 1 is 1.07 bits per heavy atom. The second-order valence-electron chi connectivity index (χ2n) is 6.37. The topological polar surface area (TPSA) is 134 Å². The minimum absolute atomic E-state index is 0.0693. The summed E-state index contributed by atoms with van der Waals surface area (Å²) < 4.78 is 10.7. The molecule has 0 fully saturated rings. The zero-order valence-electron chi connectivity index (χ0n) is 15.0. The number of allylic oxidation sites excluding steroid dienone is 1. The highest BCUT2D eigenvalue weighted by atomic mass is 16.5. The normalized spacial score (nSPS) is 18.3. The standard InChI is InChI=1S/C20H18O8/c1-9(5-16(24)25)11-6-12-17(20(26)27-2)18(28-19(12)15(23)8-11)10-3-4-13(21)14(22)7-10/h3-8,17-18,21-23H,1-2H3,(H,24,25). The van der Waals surface area contributed by atoms with Gasteiger partial charge in [0.05, 0.1) is 7.11 Å². The van der Waals surface area contributed by atoms with Crippen molar-refractivity contribution in [1.82, 2.24) is 0 Å². The Hall–Kier alpha value is -3.68. The average molecular weight is 386 g/mol. The number of aliphatic carboxylic acids is 1. The minimum atomic E-state index is -1.14. The average Bonchev–Trinajstić information content (AvgIpc) is 3.02. The number of hydrogen-bond donors (Lipinski definition) is 4. The summed E-state index contributed by atoms with van der Waals surface area (Å²) in [4.78, 5) is 23.4. The first-order chi connectivity index (χ1) is 13.2. The summed E-state index contributed by atoms with van der Waals surface area (Å²) in [6.07, 6.45) is 0.0680. The van der Waals surface area contributed by atoms with Crippen LogP contribution in [0.15, 0.2) is 36.4 Å². The molecule has 8 heteroatoms. The molecule has 8 nitrogen and oxygen atoms in total. The summed E-state index contributed by atoms with van der Waals surface area (Å²) in [5.41, 5.74) is 1.50. The van der Waals surface area contributed by atoms with Crippen molar-refractivity contribution in [3.63, 3.8) is 0 Å². The number of phenolic OH excluding ortho intramolecular Hbond substituents is 3. The summed E-state index contributed by atoms with van der Waals surface area (Å²) in [6, 6.07) is 6.91. The molecule has 28 heavy (non-hydrogen) atoms.